The van der Waals surface area contributed by atoms with Gasteiger partial charge in [-0.25, -0.2) is 13.6 Å². The van der Waals surface area contributed by atoms with Crippen LogP contribution in [0.25, 0.3) is 0 Å². The molecule has 0 bridgehead atoms. The Morgan fingerprint density at radius 2 is 1.84 bits per heavy atom. The molecule has 2 aromatic rings. The fourth-order valence-corrected chi connectivity index (χ4v) is 3.16. The van der Waals surface area contributed by atoms with E-state index in [1.807, 2.05) is 0 Å². The summed E-state index contributed by atoms with van der Waals surface area (Å²) >= 11 is 0. The summed E-state index contributed by atoms with van der Waals surface area (Å²) in [6.45, 7) is 1.74. The molecule has 25 heavy (non-hydrogen) atoms. The summed E-state index contributed by atoms with van der Waals surface area (Å²) < 4.78 is 27.4. The molecule has 1 saturated carbocycles. The largest absolute Gasteiger partial charge is 0.478 e. The summed E-state index contributed by atoms with van der Waals surface area (Å²) in [7, 11) is 0. The number of aromatic carboxylic acids is 1. The summed E-state index contributed by atoms with van der Waals surface area (Å²) in [5.41, 5.74) is 0.246. The predicted molar refractivity (Wildman–Crippen MR) is 88.7 cm³/mol. The Bertz CT molecular complexity index is 860. The van der Waals surface area contributed by atoms with Gasteiger partial charge in [0.15, 0.2) is 0 Å². The van der Waals surface area contributed by atoms with Crippen molar-refractivity contribution in [2.45, 2.75) is 31.6 Å². The highest BCUT2D eigenvalue weighted by Crippen LogP contribution is 2.45. The number of carboxylic acid groups (broad SMARTS) is 1. The highest BCUT2D eigenvalue weighted by Gasteiger charge is 2.47. The van der Waals surface area contributed by atoms with Crippen LogP contribution in [0.2, 0.25) is 0 Å². The number of anilines is 1. The molecule has 1 aliphatic rings. The van der Waals surface area contributed by atoms with Gasteiger partial charge in [0.2, 0.25) is 5.91 Å². The number of carbonyl (C=O) groups is 2. The van der Waals surface area contributed by atoms with E-state index in [0.29, 0.717) is 24.1 Å². The minimum Gasteiger partial charge on any atom is -0.478 e. The smallest absolute Gasteiger partial charge is 0.335 e. The molecule has 3 rings (SSSR count). The molecular weight excluding hydrogens is 328 g/mol. The van der Waals surface area contributed by atoms with Gasteiger partial charge in [-0.1, -0.05) is 18.6 Å². The molecule has 4 nitrogen and oxygen atoms in total. The van der Waals surface area contributed by atoms with Crippen molar-refractivity contribution in [2.75, 3.05) is 5.32 Å². The SMILES string of the molecule is Cc1ccc(C(=O)O)cc1NC(=O)C1(c2ccc(F)cc2F)CCC1. The molecule has 0 aliphatic heterocycles. The third kappa shape index (κ3) is 2.99. The Morgan fingerprint density at radius 1 is 1.12 bits per heavy atom. The van der Waals surface area contributed by atoms with Gasteiger partial charge in [-0.3, -0.25) is 4.79 Å². The number of hydrogen-bond donors (Lipinski definition) is 2. The first kappa shape index (κ1) is 17.1. The van der Waals surface area contributed by atoms with Crippen molar-refractivity contribution in [3.8, 4) is 0 Å². The zero-order valence-electron chi connectivity index (χ0n) is 13.6. The maximum Gasteiger partial charge on any atom is 0.335 e. The molecule has 2 aromatic carbocycles. The van der Waals surface area contributed by atoms with Gasteiger partial charge in [0.25, 0.3) is 0 Å². The molecule has 1 fully saturated rings. The van der Waals surface area contributed by atoms with Gasteiger partial charge in [0.05, 0.1) is 11.0 Å². The number of hydrogen-bond acceptors (Lipinski definition) is 2. The minimum atomic E-state index is -1.10. The summed E-state index contributed by atoms with van der Waals surface area (Å²) in [5.74, 6) is -2.94. The van der Waals surface area contributed by atoms with Crippen LogP contribution in [0.1, 0.15) is 40.7 Å². The summed E-state index contributed by atoms with van der Waals surface area (Å²) in [5, 5.41) is 11.8. The molecule has 0 unspecified atom stereocenters. The van der Waals surface area contributed by atoms with E-state index in [1.165, 1.54) is 18.2 Å². The molecule has 6 heteroatoms. The zero-order valence-corrected chi connectivity index (χ0v) is 13.6. The second kappa shape index (κ2) is 6.27. The van der Waals surface area contributed by atoms with Crippen molar-refractivity contribution in [2.24, 2.45) is 0 Å². The first-order chi connectivity index (χ1) is 11.8. The maximum absolute atomic E-state index is 14.2. The maximum atomic E-state index is 14.2. The Hall–Kier alpha value is -2.76. The third-order valence-corrected chi connectivity index (χ3v) is 4.82. The molecule has 1 aliphatic carbocycles. The second-order valence-electron chi connectivity index (χ2n) is 6.35. The number of carboxylic acids is 1. The van der Waals surface area contributed by atoms with Gasteiger partial charge < -0.3 is 10.4 Å². The van der Waals surface area contributed by atoms with E-state index in [4.69, 9.17) is 5.11 Å². The average Bonchev–Trinajstić information content (AvgIpc) is 2.50. The molecule has 130 valence electrons. The molecule has 0 radical (unpaired) electrons. The fraction of sp³-hybridized carbons (Fsp3) is 0.263. The van der Waals surface area contributed by atoms with Crippen LogP contribution < -0.4 is 5.32 Å². The highest BCUT2D eigenvalue weighted by atomic mass is 19.1. The number of rotatable bonds is 4. The predicted octanol–water partition coefficient (Wildman–Crippen LogP) is 4.03. The second-order valence-corrected chi connectivity index (χ2v) is 6.35. The Balaban J connectivity index is 1.94. The highest BCUT2D eigenvalue weighted by molar-refractivity contribution is 6.01. The van der Waals surface area contributed by atoms with E-state index >= 15 is 0 Å². The van der Waals surface area contributed by atoms with Crippen LogP contribution in [0.15, 0.2) is 36.4 Å². The van der Waals surface area contributed by atoms with Crippen LogP contribution in [0.4, 0.5) is 14.5 Å². The summed E-state index contributed by atoms with van der Waals surface area (Å²) in [4.78, 5) is 24.0. The molecule has 0 heterocycles. The van der Waals surface area contributed by atoms with Gasteiger partial charge in [0.1, 0.15) is 11.6 Å². The Kier molecular flexibility index (Phi) is 4.29. The number of nitrogens with one attached hydrogen (secondary N) is 1. The molecular formula is C19H17F2NO3. The number of aryl methyl sites for hydroxylation is 1. The van der Waals surface area contributed by atoms with E-state index < -0.39 is 28.9 Å². The van der Waals surface area contributed by atoms with E-state index in [-0.39, 0.29) is 11.1 Å². The topological polar surface area (TPSA) is 66.4 Å². The lowest BCUT2D eigenvalue weighted by atomic mass is 9.63. The zero-order chi connectivity index (χ0) is 18.2. The van der Waals surface area contributed by atoms with Crippen molar-refractivity contribution in [3.05, 3.63) is 64.7 Å². The van der Waals surface area contributed by atoms with Gasteiger partial charge in [-0.15, -0.1) is 0 Å². The van der Waals surface area contributed by atoms with Crippen LogP contribution in [-0.4, -0.2) is 17.0 Å². The van der Waals surface area contributed by atoms with Crippen LogP contribution in [0.3, 0.4) is 0 Å². The van der Waals surface area contributed by atoms with Crippen molar-refractivity contribution in [1.82, 2.24) is 0 Å². The summed E-state index contributed by atoms with van der Waals surface area (Å²) in [6, 6.07) is 7.66. The van der Waals surface area contributed by atoms with E-state index in [0.717, 1.165) is 18.6 Å². The lowest BCUT2D eigenvalue weighted by Crippen LogP contribution is -2.46. The van der Waals surface area contributed by atoms with Crippen LogP contribution in [-0.2, 0) is 10.2 Å². The van der Waals surface area contributed by atoms with Crippen LogP contribution in [0, 0.1) is 18.6 Å². The molecule has 0 spiro atoms. The monoisotopic (exact) mass is 345 g/mol. The Morgan fingerprint density at radius 3 is 2.40 bits per heavy atom. The quantitative estimate of drug-likeness (QED) is 0.879. The number of amides is 1. The van der Waals surface area contributed by atoms with E-state index in [9.17, 15) is 18.4 Å². The number of halogens is 2. The number of carbonyl (C=O) groups excluding carboxylic acids is 1. The molecule has 0 atom stereocenters. The van der Waals surface area contributed by atoms with Crippen molar-refractivity contribution < 1.29 is 23.5 Å². The first-order valence-electron chi connectivity index (χ1n) is 7.94. The third-order valence-electron chi connectivity index (χ3n) is 4.82. The number of benzene rings is 2. The van der Waals surface area contributed by atoms with Gasteiger partial charge in [-0.2, -0.15) is 0 Å². The molecule has 2 N–H and O–H groups in total. The normalized spacial score (nSPS) is 15.3. The molecule has 0 saturated heterocycles. The lowest BCUT2D eigenvalue weighted by Gasteiger charge is -2.41. The fourth-order valence-electron chi connectivity index (χ4n) is 3.16. The Labute approximate surface area is 143 Å². The van der Waals surface area contributed by atoms with Gasteiger partial charge in [0, 0.05) is 17.3 Å². The van der Waals surface area contributed by atoms with Gasteiger partial charge >= 0.3 is 5.97 Å². The van der Waals surface area contributed by atoms with Gasteiger partial charge in [-0.05, 0) is 43.5 Å². The molecule has 1 amide bonds. The van der Waals surface area contributed by atoms with Crippen LogP contribution in [0.5, 0.6) is 0 Å². The van der Waals surface area contributed by atoms with Crippen molar-refractivity contribution in [3.63, 3.8) is 0 Å². The van der Waals surface area contributed by atoms with E-state index in [1.54, 1.807) is 13.0 Å². The first-order valence-corrected chi connectivity index (χ1v) is 7.94. The minimum absolute atomic E-state index is 0.0523. The average molecular weight is 345 g/mol. The van der Waals surface area contributed by atoms with Crippen LogP contribution >= 0.6 is 0 Å². The van der Waals surface area contributed by atoms with E-state index in [2.05, 4.69) is 5.32 Å². The standard InChI is InChI=1S/C19H17F2NO3/c1-11-3-4-12(17(23)24)9-16(11)22-18(25)19(7-2-8-19)14-6-5-13(20)10-15(14)21/h3-6,9-10H,2,7-8H2,1H3,(H,22,25)(H,23,24). The van der Waals surface area contributed by atoms with Crippen molar-refractivity contribution >= 4 is 17.6 Å². The van der Waals surface area contributed by atoms with Crippen molar-refractivity contribution in [1.29, 1.82) is 0 Å². The summed E-state index contributed by atoms with van der Waals surface area (Å²) in [6.07, 6.45) is 1.68. The lowest BCUT2D eigenvalue weighted by molar-refractivity contribution is -0.124. The molecule has 0 aromatic heterocycles.